The van der Waals surface area contributed by atoms with Crippen LogP contribution in [0.1, 0.15) is 12.5 Å². The van der Waals surface area contributed by atoms with Gasteiger partial charge in [-0.3, -0.25) is 0 Å². The van der Waals surface area contributed by atoms with Crippen LogP contribution in [0.3, 0.4) is 0 Å². The Labute approximate surface area is 87.1 Å². The SMILES string of the molecule is C=Cc1ccc(P2CC=C(C)C2)cc1. The fraction of sp³-hybridized carbons (Fsp3) is 0.231. The Morgan fingerprint density at radius 2 is 2.00 bits per heavy atom. The van der Waals surface area contributed by atoms with Gasteiger partial charge in [0, 0.05) is 0 Å². The molecule has 14 heavy (non-hydrogen) atoms. The summed E-state index contributed by atoms with van der Waals surface area (Å²) in [6.07, 6.45) is 6.85. The van der Waals surface area contributed by atoms with E-state index in [1.807, 2.05) is 6.08 Å². The van der Waals surface area contributed by atoms with Crippen molar-refractivity contribution in [3.8, 4) is 0 Å². The summed E-state index contributed by atoms with van der Waals surface area (Å²) in [6, 6.07) is 8.85. The first-order valence-corrected chi connectivity index (χ1v) is 6.64. The maximum atomic E-state index is 3.77. The Morgan fingerprint density at radius 1 is 1.29 bits per heavy atom. The third-order valence-corrected chi connectivity index (χ3v) is 5.13. The fourth-order valence-electron chi connectivity index (χ4n) is 1.71. The first-order chi connectivity index (χ1) is 6.79. The molecule has 1 aromatic rings. The number of allylic oxidation sites excluding steroid dienone is 2. The molecule has 0 aromatic heterocycles. The molecule has 0 fully saturated rings. The fourth-order valence-corrected chi connectivity index (χ4v) is 4.07. The van der Waals surface area contributed by atoms with Crippen molar-refractivity contribution >= 4 is 19.3 Å². The van der Waals surface area contributed by atoms with Gasteiger partial charge in [-0.15, -0.1) is 0 Å². The van der Waals surface area contributed by atoms with Crippen molar-refractivity contribution in [1.82, 2.24) is 0 Å². The smallest absolute Gasteiger partial charge is 0.00740 e. The molecule has 0 radical (unpaired) electrons. The number of hydrogen-bond donors (Lipinski definition) is 0. The molecule has 0 N–H and O–H groups in total. The molecular weight excluding hydrogens is 187 g/mol. The van der Waals surface area contributed by atoms with Crippen LogP contribution in [0.2, 0.25) is 0 Å². The molecule has 1 aliphatic rings. The number of benzene rings is 1. The van der Waals surface area contributed by atoms with Gasteiger partial charge in [0.2, 0.25) is 0 Å². The average molecular weight is 202 g/mol. The van der Waals surface area contributed by atoms with Gasteiger partial charge in [0.15, 0.2) is 0 Å². The van der Waals surface area contributed by atoms with E-state index in [0.29, 0.717) is 0 Å². The Morgan fingerprint density at radius 3 is 2.50 bits per heavy atom. The zero-order valence-corrected chi connectivity index (χ0v) is 9.43. The highest BCUT2D eigenvalue weighted by atomic mass is 31.1. The predicted molar refractivity (Wildman–Crippen MR) is 66.6 cm³/mol. The van der Waals surface area contributed by atoms with Gasteiger partial charge >= 0.3 is 0 Å². The zero-order valence-electron chi connectivity index (χ0n) is 8.53. The molecular formula is C13H15P. The standard InChI is InChI=1S/C13H15P/c1-3-12-4-6-13(7-5-12)14-9-8-11(2)10-14/h3-8H,1,9-10H2,2H3. The lowest BCUT2D eigenvalue weighted by molar-refractivity contribution is 1.42. The Bertz CT molecular complexity index is 359. The first kappa shape index (κ1) is 9.68. The van der Waals surface area contributed by atoms with Gasteiger partial charge in [0.25, 0.3) is 0 Å². The summed E-state index contributed by atoms with van der Waals surface area (Å²) < 4.78 is 0. The van der Waals surface area contributed by atoms with Crippen molar-refractivity contribution < 1.29 is 0 Å². The molecule has 1 unspecified atom stereocenters. The lowest BCUT2D eigenvalue weighted by Crippen LogP contribution is -2.01. The molecule has 72 valence electrons. The quantitative estimate of drug-likeness (QED) is 0.509. The van der Waals surface area contributed by atoms with Crippen molar-refractivity contribution in [1.29, 1.82) is 0 Å². The van der Waals surface area contributed by atoms with Gasteiger partial charge in [-0.25, -0.2) is 0 Å². The molecule has 0 saturated heterocycles. The molecule has 1 atom stereocenters. The van der Waals surface area contributed by atoms with E-state index in [0.717, 1.165) is 0 Å². The topological polar surface area (TPSA) is 0 Å². The second kappa shape index (κ2) is 4.11. The minimum absolute atomic E-state index is 0.0761. The Hall–Kier alpha value is -0.870. The highest BCUT2D eigenvalue weighted by Crippen LogP contribution is 2.41. The van der Waals surface area contributed by atoms with E-state index < -0.39 is 0 Å². The molecule has 1 aromatic carbocycles. The monoisotopic (exact) mass is 202 g/mol. The first-order valence-electron chi connectivity index (χ1n) is 4.92. The van der Waals surface area contributed by atoms with Gasteiger partial charge in [0.05, 0.1) is 0 Å². The molecule has 0 nitrogen and oxygen atoms in total. The maximum Gasteiger partial charge on any atom is -0.00740 e. The van der Waals surface area contributed by atoms with Crippen molar-refractivity contribution in [2.24, 2.45) is 0 Å². The summed E-state index contributed by atoms with van der Waals surface area (Å²) >= 11 is 0. The average Bonchev–Trinajstić information content (AvgIpc) is 2.65. The highest BCUT2D eigenvalue weighted by Gasteiger charge is 2.14. The number of hydrogen-bond acceptors (Lipinski definition) is 0. The lowest BCUT2D eigenvalue weighted by Gasteiger charge is -2.10. The van der Waals surface area contributed by atoms with E-state index in [9.17, 15) is 0 Å². The van der Waals surface area contributed by atoms with Crippen LogP contribution in [0, 0.1) is 0 Å². The highest BCUT2D eigenvalue weighted by molar-refractivity contribution is 7.66. The van der Waals surface area contributed by atoms with Crippen LogP contribution in [-0.2, 0) is 0 Å². The summed E-state index contributed by atoms with van der Waals surface area (Å²) in [5, 5.41) is 1.53. The van der Waals surface area contributed by atoms with E-state index >= 15 is 0 Å². The summed E-state index contributed by atoms with van der Waals surface area (Å²) in [5.41, 5.74) is 2.77. The van der Waals surface area contributed by atoms with Crippen molar-refractivity contribution in [2.45, 2.75) is 6.92 Å². The van der Waals surface area contributed by atoms with E-state index in [1.165, 1.54) is 23.2 Å². The molecule has 0 aliphatic carbocycles. The maximum absolute atomic E-state index is 3.77. The minimum atomic E-state index is 0.0761. The third kappa shape index (κ3) is 1.96. The summed E-state index contributed by atoms with van der Waals surface area (Å²) in [7, 11) is 0.0761. The second-order valence-electron chi connectivity index (χ2n) is 3.73. The van der Waals surface area contributed by atoms with Crippen LogP contribution in [0.4, 0.5) is 0 Å². The van der Waals surface area contributed by atoms with Gasteiger partial charge in [0.1, 0.15) is 0 Å². The van der Waals surface area contributed by atoms with Gasteiger partial charge in [-0.2, -0.15) is 0 Å². The molecule has 1 aliphatic heterocycles. The molecule has 0 bridgehead atoms. The van der Waals surface area contributed by atoms with Crippen LogP contribution < -0.4 is 5.30 Å². The van der Waals surface area contributed by atoms with E-state index in [4.69, 9.17) is 0 Å². The molecule has 2 rings (SSSR count). The second-order valence-corrected chi connectivity index (χ2v) is 6.00. The van der Waals surface area contributed by atoms with Crippen LogP contribution in [-0.4, -0.2) is 12.3 Å². The zero-order chi connectivity index (χ0) is 9.97. The van der Waals surface area contributed by atoms with Crippen molar-refractivity contribution in [3.63, 3.8) is 0 Å². The molecule has 1 heteroatoms. The summed E-state index contributed by atoms with van der Waals surface area (Å²) in [6.45, 7) is 6.00. The Kier molecular flexibility index (Phi) is 2.84. The molecule has 0 spiro atoms. The van der Waals surface area contributed by atoms with Gasteiger partial charge in [-0.05, 0) is 30.1 Å². The molecule has 1 heterocycles. The van der Waals surface area contributed by atoms with Crippen LogP contribution >= 0.6 is 7.92 Å². The van der Waals surface area contributed by atoms with Crippen molar-refractivity contribution in [2.75, 3.05) is 12.3 Å². The van der Waals surface area contributed by atoms with E-state index in [-0.39, 0.29) is 7.92 Å². The predicted octanol–water partition coefficient (Wildman–Crippen LogP) is 3.40. The van der Waals surface area contributed by atoms with Gasteiger partial charge < -0.3 is 0 Å². The third-order valence-electron chi connectivity index (χ3n) is 2.59. The summed E-state index contributed by atoms with van der Waals surface area (Å²) in [4.78, 5) is 0. The Balaban J connectivity index is 2.14. The van der Waals surface area contributed by atoms with Crippen molar-refractivity contribution in [3.05, 3.63) is 48.1 Å². The van der Waals surface area contributed by atoms with Gasteiger partial charge in [-0.1, -0.05) is 56.5 Å². The normalized spacial score (nSPS) is 20.6. The molecule has 0 saturated carbocycles. The van der Waals surface area contributed by atoms with Crippen LogP contribution in [0.5, 0.6) is 0 Å². The lowest BCUT2D eigenvalue weighted by atomic mass is 10.2. The van der Waals surface area contributed by atoms with Crippen LogP contribution in [0.25, 0.3) is 6.08 Å². The summed E-state index contributed by atoms with van der Waals surface area (Å²) in [5.74, 6) is 0. The minimum Gasteiger partial charge on any atom is -0.0985 e. The van der Waals surface area contributed by atoms with E-state index in [1.54, 1.807) is 5.57 Å². The van der Waals surface area contributed by atoms with E-state index in [2.05, 4.69) is 43.8 Å². The number of rotatable bonds is 2. The van der Waals surface area contributed by atoms with Crippen LogP contribution in [0.15, 0.2) is 42.5 Å². The molecule has 0 amide bonds. The largest absolute Gasteiger partial charge is 0.0985 e.